The molecule has 0 saturated heterocycles. The summed E-state index contributed by atoms with van der Waals surface area (Å²) in [7, 11) is 1.46. The van der Waals surface area contributed by atoms with Gasteiger partial charge in [-0.2, -0.15) is 0 Å². The van der Waals surface area contributed by atoms with Crippen molar-refractivity contribution in [2.24, 2.45) is 0 Å². The fourth-order valence-corrected chi connectivity index (χ4v) is 2.11. The number of methoxy groups -OCH3 is 1. The van der Waals surface area contributed by atoms with E-state index in [0.29, 0.717) is 22.7 Å². The molecular weight excluding hydrogens is 332 g/mol. The van der Waals surface area contributed by atoms with Gasteiger partial charge in [-0.25, -0.2) is 4.98 Å². The van der Waals surface area contributed by atoms with Crippen LogP contribution in [0.5, 0.6) is 11.5 Å². The van der Waals surface area contributed by atoms with Crippen LogP contribution in [0.4, 0.5) is 5.69 Å². The van der Waals surface area contributed by atoms with Gasteiger partial charge in [-0.05, 0) is 44.2 Å². The van der Waals surface area contributed by atoms with Crippen LogP contribution in [0.1, 0.15) is 24.2 Å². The quantitative estimate of drug-likeness (QED) is 0.639. The summed E-state index contributed by atoms with van der Waals surface area (Å²) in [6.45, 7) is 3.06. The maximum atomic E-state index is 12.2. The number of hydrogen-bond acceptors (Lipinski definition) is 5. The highest BCUT2D eigenvalue weighted by Gasteiger charge is 2.18. The molecule has 0 aliphatic rings. The van der Waals surface area contributed by atoms with Gasteiger partial charge in [0.15, 0.2) is 28.5 Å². The first-order valence-electron chi connectivity index (χ1n) is 7.19. The van der Waals surface area contributed by atoms with Gasteiger partial charge in [0, 0.05) is 11.8 Å². The van der Waals surface area contributed by atoms with E-state index in [1.807, 2.05) is 0 Å². The SMILES string of the molecule is COc1cc(C(C)=O)ccc1O[C@H](C)C(=O)Nc1cccnc1Cl. The topological polar surface area (TPSA) is 77.5 Å². The second-order valence-electron chi connectivity index (χ2n) is 5.01. The summed E-state index contributed by atoms with van der Waals surface area (Å²) < 4.78 is 10.8. The Labute approximate surface area is 144 Å². The number of ketones is 1. The van der Waals surface area contributed by atoms with Crippen LogP contribution in [0.25, 0.3) is 0 Å². The van der Waals surface area contributed by atoms with E-state index in [1.54, 1.807) is 37.3 Å². The number of hydrogen-bond donors (Lipinski definition) is 1. The lowest BCUT2D eigenvalue weighted by Crippen LogP contribution is -2.30. The Morgan fingerprint density at radius 1 is 1.25 bits per heavy atom. The summed E-state index contributed by atoms with van der Waals surface area (Å²) in [5.41, 5.74) is 0.900. The van der Waals surface area contributed by atoms with Crippen molar-refractivity contribution in [1.82, 2.24) is 4.98 Å². The monoisotopic (exact) mass is 348 g/mol. The average molecular weight is 349 g/mol. The van der Waals surface area contributed by atoms with E-state index in [2.05, 4.69) is 10.3 Å². The van der Waals surface area contributed by atoms with Gasteiger partial charge in [0.1, 0.15) is 0 Å². The van der Waals surface area contributed by atoms with Gasteiger partial charge in [0.2, 0.25) is 0 Å². The first-order valence-corrected chi connectivity index (χ1v) is 7.57. The molecule has 0 bridgehead atoms. The number of ether oxygens (including phenoxy) is 2. The molecule has 7 heteroatoms. The van der Waals surface area contributed by atoms with Crippen molar-refractivity contribution < 1.29 is 19.1 Å². The first kappa shape index (κ1) is 17.7. The van der Waals surface area contributed by atoms with Crippen molar-refractivity contribution >= 4 is 29.0 Å². The van der Waals surface area contributed by atoms with Gasteiger partial charge in [-0.3, -0.25) is 9.59 Å². The third-order valence-electron chi connectivity index (χ3n) is 3.26. The summed E-state index contributed by atoms with van der Waals surface area (Å²) in [5, 5.41) is 2.84. The van der Waals surface area contributed by atoms with Crippen molar-refractivity contribution in [1.29, 1.82) is 0 Å². The molecule has 1 heterocycles. The fraction of sp³-hybridized carbons (Fsp3) is 0.235. The van der Waals surface area contributed by atoms with Crippen molar-refractivity contribution in [3.63, 3.8) is 0 Å². The van der Waals surface area contributed by atoms with Crippen molar-refractivity contribution in [3.05, 3.63) is 47.2 Å². The number of aromatic nitrogens is 1. The van der Waals surface area contributed by atoms with Crippen LogP contribution in [0, 0.1) is 0 Å². The third kappa shape index (κ3) is 4.23. The molecule has 0 aliphatic carbocycles. The third-order valence-corrected chi connectivity index (χ3v) is 3.56. The lowest BCUT2D eigenvalue weighted by Gasteiger charge is -2.17. The number of pyridine rings is 1. The van der Waals surface area contributed by atoms with Crippen LogP contribution in [0.2, 0.25) is 5.15 Å². The molecule has 0 unspecified atom stereocenters. The minimum absolute atomic E-state index is 0.0862. The highest BCUT2D eigenvalue weighted by atomic mass is 35.5. The van der Waals surface area contributed by atoms with Crippen molar-refractivity contribution in [2.75, 3.05) is 12.4 Å². The van der Waals surface area contributed by atoms with Crippen LogP contribution < -0.4 is 14.8 Å². The smallest absolute Gasteiger partial charge is 0.265 e. The molecule has 0 radical (unpaired) electrons. The second-order valence-corrected chi connectivity index (χ2v) is 5.37. The van der Waals surface area contributed by atoms with Crippen LogP contribution >= 0.6 is 11.6 Å². The Hall–Kier alpha value is -2.60. The number of Topliss-reactive ketones (excluding diaryl/α,β-unsaturated/α-hetero) is 1. The number of carbonyl (C=O) groups is 2. The molecule has 2 rings (SSSR count). The number of anilines is 1. The normalized spacial score (nSPS) is 11.5. The van der Waals surface area contributed by atoms with E-state index < -0.39 is 6.10 Å². The summed E-state index contributed by atoms with van der Waals surface area (Å²) >= 11 is 5.91. The summed E-state index contributed by atoms with van der Waals surface area (Å²) in [5.74, 6) is 0.267. The average Bonchev–Trinajstić information content (AvgIpc) is 2.56. The zero-order valence-corrected chi connectivity index (χ0v) is 14.3. The standard InChI is InChI=1S/C17H17ClN2O4/c1-10(21)12-6-7-14(15(9-12)23-3)24-11(2)17(22)20-13-5-4-8-19-16(13)18/h4-9,11H,1-3H3,(H,20,22)/t11-/m1/s1. The second kappa shape index (κ2) is 7.79. The minimum atomic E-state index is -0.807. The lowest BCUT2D eigenvalue weighted by atomic mass is 10.1. The molecule has 126 valence electrons. The zero-order chi connectivity index (χ0) is 17.7. The van der Waals surface area contributed by atoms with E-state index in [-0.39, 0.29) is 16.8 Å². The molecule has 1 aromatic carbocycles. The first-order chi connectivity index (χ1) is 11.4. The Kier molecular flexibility index (Phi) is 5.76. The number of nitrogens with one attached hydrogen (secondary N) is 1. The van der Waals surface area contributed by atoms with Gasteiger partial charge < -0.3 is 14.8 Å². The van der Waals surface area contributed by atoms with Crippen LogP contribution in [0.3, 0.4) is 0 Å². The summed E-state index contributed by atoms with van der Waals surface area (Å²) in [6, 6.07) is 8.08. The van der Waals surface area contributed by atoms with Crippen LogP contribution in [-0.2, 0) is 4.79 Å². The molecule has 24 heavy (non-hydrogen) atoms. The minimum Gasteiger partial charge on any atom is -0.493 e. The molecule has 1 amide bonds. The number of rotatable bonds is 6. The molecular formula is C17H17ClN2O4. The van der Waals surface area contributed by atoms with Gasteiger partial charge in [-0.15, -0.1) is 0 Å². The lowest BCUT2D eigenvalue weighted by molar-refractivity contribution is -0.122. The Morgan fingerprint density at radius 3 is 2.62 bits per heavy atom. The molecule has 1 atom stereocenters. The highest BCUT2D eigenvalue weighted by molar-refractivity contribution is 6.32. The number of halogens is 1. The molecule has 0 aliphatic heterocycles. The van der Waals surface area contributed by atoms with E-state index in [4.69, 9.17) is 21.1 Å². The molecule has 1 N–H and O–H groups in total. The van der Waals surface area contributed by atoms with Crippen LogP contribution in [-0.4, -0.2) is 29.9 Å². The number of carbonyl (C=O) groups excluding carboxylic acids is 2. The van der Waals surface area contributed by atoms with Gasteiger partial charge in [0.05, 0.1) is 12.8 Å². The molecule has 0 saturated carbocycles. The zero-order valence-electron chi connectivity index (χ0n) is 13.5. The van der Waals surface area contributed by atoms with E-state index >= 15 is 0 Å². The number of amides is 1. The highest BCUT2D eigenvalue weighted by Crippen LogP contribution is 2.29. The Balaban J connectivity index is 2.11. The molecule has 0 spiro atoms. The van der Waals surface area contributed by atoms with Crippen LogP contribution in [0.15, 0.2) is 36.5 Å². The predicted molar refractivity (Wildman–Crippen MR) is 91.0 cm³/mol. The predicted octanol–water partition coefficient (Wildman–Crippen LogP) is 3.35. The number of benzene rings is 1. The molecule has 0 fully saturated rings. The fourth-order valence-electron chi connectivity index (χ4n) is 1.94. The maximum Gasteiger partial charge on any atom is 0.265 e. The summed E-state index contributed by atoms with van der Waals surface area (Å²) in [6.07, 6.45) is 0.720. The maximum absolute atomic E-state index is 12.2. The van der Waals surface area contributed by atoms with E-state index in [0.717, 1.165) is 0 Å². The summed E-state index contributed by atoms with van der Waals surface area (Å²) in [4.78, 5) is 27.5. The van der Waals surface area contributed by atoms with E-state index in [9.17, 15) is 9.59 Å². The Bertz CT molecular complexity index is 764. The van der Waals surface area contributed by atoms with Gasteiger partial charge in [0.25, 0.3) is 5.91 Å². The molecule has 6 nitrogen and oxygen atoms in total. The largest absolute Gasteiger partial charge is 0.493 e. The number of nitrogens with zero attached hydrogens (tertiary/aromatic N) is 1. The molecule has 1 aromatic heterocycles. The van der Waals surface area contributed by atoms with Crippen molar-refractivity contribution in [2.45, 2.75) is 20.0 Å². The van der Waals surface area contributed by atoms with Gasteiger partial charge in [-0.1, -0.05) is 11.6 Å². The van der Waals surface area contributed by atoms with E-state index in [1.165, 1.54) is 20.2 Å². The Morgan fingerprint density at radius 2 is 2.00 bits per heavy atom. The molecule has 2 aromatic rings. The van der Waals surface area contributed by atoms with Gasteiger partial charge >= 0.3 is 0 Å². The van der Waals surface area contributed by atoms with Crippen molar-refractivity contribution in [3.8, 4) is 11.5 Å².